The van der Waals surface area contributed by atoms with Crippen molar-refractivity contribution in [1.29, 1.82) is 0 Å². The molecule has 1 amide bonds. The minimum Gasteiger partial charge on any atom is -0.338 e. The lowest BCUT2D eigenvalue weighted by molar-refractivity contribution is 0.0704. The van der Waals surface area contributed by atoms with Gasteiger partial charge in [0.1, 0.15) is 5.82 Å². The third kappa shape index (κ3) is 4.03. The van der Waals surface area contributed by atoms with Gasteiger partial charge in [0.15, 0.2) is 5.65 Å². The summed E-state index contributed by atoms with van der Waals surface area (Å²) >= 11 is 0. The summed E-state index contributed by atoms with van der Waals surface area (Å²) in [6.07, 6.45) is 3.74. The van der Waals surface area contributed by atoms with Crippen LogP contribution >= 0.6 is 0 Å². The maximum atomic E-state index is 13.2. The zero-order valence-corrected chi connectivity index (χ0v) is 19.6. The number of hydrogen-bond donors (Lipinski definition) is 0. The second-order valence-electron chi connectivity index (χ2n) is 8.41. The Morgan fingerprint density at radius 2 is 1.71 bits per heavy atom. The van der Waals surface area contributed by atoms with E-state index in [0.717, 1.165) is 24.3 Å². The van der Waals surface area contributed by atoms with Gasteiger partial charge in [-0.1, -0.05) is 24.3 Å². The summed E-state index contributed by atoms with van der Waals surface area (Å²) < 4.78 is 29.2. The van der Waals surface area contributed by atoms with Gasteiger partial charge < -0.3 is 4.90 Å². The van der Waals surface area contributed by atoms with Crippen LogP contribution in [0, 0.1) is 0 Å². The number of anilines is 1. The van der Waals surface area contributed by atoms with E-state index in [4.69, 9.17) is 0 Å². The van der Waals surface area contributed by atoms with Gasteiger partial charge in [-0.15, -0.1) is 10.2 Å². The highest BCUT2D eigenvalue weighted by atomic mass is 32.2. The van der Waals surface area contributed by atoms with Gasteiger partial charge in [-0.3, -0.25) is 13.5 Å². The van der Waals surface area contributed by atoms with Crippen LogP contribution in [0.5, 0.6) is 0 Å². The number of carbonyl (C=O) groups excluding carboxylic acids is 1. The molecule has 0 saturated carbocycles. The number of para-hydroxylation sites is 1. The fourth-order valence-corrected chi connectivity index (χ4v) is 5.59. The van der Waals surface area contributed by atoms with Crippen molar-refractivity contribution < 1.29 is 13.2 Å². The van der Waals surface area contributed by atoms with Gasteiger partial charge in [0, 0.05) is 37.8 Å². The Hall–Kier alpha value is -3.72. The molecule has 0 aliphatic carbocycles. The lowest BCUT2D eigenvalue weighted by atomic mass is 9.96. The van der Waals surface area contributed by atoms with Crippen LogP contribution in [0.15, 0.2) is 83.9 Å². The normalized spacial score (nSPS) is 16.5. The topological polar surface area (TPSA) is 87.9 Å². The Morgan fingerprint density at radius 1 is 0.971 bits per heavy atom. The van der Waals surface area contributed by atoms with E-state index in [1.165, 1.54) is 23.5 Å². The minimum absolute atomic E-state index is 0.0919. The van der Waals surface area contributed by atoms with E-state index in [2.05, 4.69) is 10.2 Å². The number of sulfonamides is 1. The van der Waals surface area contributed by atoms with Crippen LogP contribution in [-0.2, 0) is 10.0 Å². The Kier molecular flexibility index (Phi) is 5.79. The van der Waals surface area contributed by atoms with Crippen molar-refractivity contribution in [3.63, 3.8) is 0 Å². The summed E-state index contributed by atoms with van der Waals surface area (Å²) in [6.45, 7) is 1.20. The molecule has 9 heteroatoms. The molecule has 1 atom stereocenters. The Balaban J connectivity index is 1.33. The number of pyridine rings is 1. The van der Waals surface area contributed by atoms with Crippen LogP contribution in [0.25, 0.3) is 5.65 Å². The zero-order valence-electron chi connectivity index (χ0n) is 18.8. The summed E-state index contributed by atoms with van der Waals surface area (Å²) in [5.74, 6) is 0.839. The molecular weight excluding hydrogens is 450 g/mol. The van der Waals surface area contributed by atoms with Crippen LogP contribution in [0.2, 0.25) is 0 Å². The van der Waals surface area contributed by atoms with Crippen LogP contribution in [0.3, 0.4) is 0 Å². The van der Waals surface area contributed by atoms with Gasteiger partial charge in [-0.2, -0.15) is 0 Å². The van der Waals surface area contributed by atoms with E-state index < -0.39 is 10.0 Å². The average molecular weight is 476 g/mol. The number of amides is 1. The Morgan fingerprint density at radius 3 is 2.47 bits per heavy atom. The number of aromatic nitrogens is 3. The fraction of sp³-hybridized carbons (Fsp3) is 0.240. The standard InChI is InChI=1S/C25H25N5O3S/c1-28(21-9-3-2-4-10-21)34(32,33)22-14-12-19(13-15-22)25(31)29-16-7-8-20(18-29)24-27-26-23-11-5-6-17-30(23)24/h2-6,9-15,17,20H,7-8,16,18H2,1H3. The molecule has 1 unspecified atom stereocenters. The van der Waals surface area contributed by atoms with Gasteiger partial charge in [0.05, 0.1) is 10.6 Å². The highest BCUT2D eigenvalue weighted by Crippen LogP contribution is 2.28. The number of fused-ring (bicyclic) bond motifs is 1. The molecular formula is C25H25N5O3S. The fourth-order valence-electron chi connectivity index (χ4n) is 4.40. The summed E-state index contributed by atoms with van der Waals surface area (Å²) in [6, 6.07) is 20.8. The number of benzene rings is 2. The van der Waals surface area contributed by atoms with Gasteiger partial charge >= 0.3 is 0 Å². The predicted molar refractivity (Wildman–Crippen MR) is 129 cm³/mol. The molecule has 1 saturated heterocycles. The molecule has 0 N–H and O–H groups in total. The van der Waals surface area contributed by atoms with Crippen molar-refractivity contribution in [1.82, 2.24) is 19.5 Å². The summed E-state index contributed by atoms with van der Waals surface area (Å²) in [7, 11) is -2.21. The lowest BCUT2D eigenvalue weighted by Crippen LogP contribution is -2.39. The van der Waals surface area contributed by atoms with Crippen molar-refractivity contribution in [3.8, 4) is 0 Å². The zero-order chi connectivity index (χ0) is 23.7. The highest BCUT2D eigenvalue weighted by Gasteiger charge is 2.29. The number of piperidine rings is 1. The molecule has 3 heterocycles. The van der Waals surface area contributed by atoms with E-state index in [0.29, 0.717) is 24.3 Å². The quantitative estimate of drug-likeness (QED) is 0.440. The average Bonchev–Trinajstić information content (AvgIpc) is 3.33. The number of hydrogen-bond acceptors (Lipinski definition) is 5. The third-order valence-corrected chi connectivity index (χ3v) is 8.09. The second-order valence-corrected chi connectivity index (χ2v) is 10.4. The van der Waals surface area contributed by atoms with Gasteiger partial charge in [-0.25, -0.2) is 8.42 Å². The molecule has 0 spiro atoms. The first kappa shape index (κ1) is 22.1. The third-order valence-electron chi connectivity index (χ3n) is 6.29. The van der Waals surface area contributed by atoms with Crippen molar-refractivity contribution >= 4 is 27.3 Å². The summed E-state index contributed by atoms with van der Waals surface area (Å²) in [5.41, 5.74) is 1.83. The maximum Gasteiger partial charge on any atom is 0.264 e. The van der Waals surface area contributed by atoms with Gasteiger partial charge in [0.25, 0.3) is 15.9 Å². The Bertz CT molecular complexity index is 1420. The van der Waals surface area contributed by atoms with E-state index in [1.807, 2.05) is 39.8 Å². The van der Waals surface area contributed by atoms with E-state index in [9.17, 15) is 13.2 Å². The molecule has 1 aliphatic heterocycles. The molecule has 2 aromatic heterocycles. The van der Waals surface area contributed by atoms with E-state index >= 15 is 0 Å². The molecule has 0 radical (unpaired) electrons. The van der Waals surface area contributed by atoms with Crippen LogP contribution in [0.4, 0.5) is 5.69 Å². The summed E-state index contributed by atoms with van der Waals surface area (Å²) in [4.78, 5) is 15.2. The number of carbonyl (C=O) groups is 1. The first-order valence-electron chi connectivity index (χ1n) is 11.2. The molecule has 8 nitrogen and oxygen atoms in total. The van der Waals surface area contributed by atoms with E-state index in [-0.39, 0.29) is 16.7 Å². The monoisotopic (exact) mass is 475 g/mol. The molecule has 34 heavy (non-hydrogen) atoms. The second kappa shape index (κ2) is 8.90. The van der Waals surface area contributed by atoms with Crippen LogP contribution < -0.4 is 4.31 Å². The highest BCUT2D eigenvalue weighted by molar-refractivity contribution is 7.92. The molecule has 2 aromatic carbocycles. The number of likely N-dealkylation sites (tertiary alicyclic amines) is 1. The van der Waals surface area contributed by atoms with Gasteiger partial charge in [0.2, 0.25) is 0 Å². The summed E-state index contributed by atoms with van der Waals surface area (Å²) in [5, 5.41) is 8.61. The van der Waals surface area contributed by atoms with Crippen LogP contribution in [0.1, 0.15) is 34.9 Å². The largest absolute Gasteiger partial charge is 0.338 e. The van der Waals surface area contributed by atoms with Crippen LogP contribution in [-0.4, -0.2) is 54.0 Å². The SMILES string of the molecule is CN(c1ccccc1)S(=O)(=O)c1ccc(C(=O)N2CCCC(c3nnc4ccccn34)C2)cc1. The van der Waals surface area contributed by atoms with Crippen molar-refractivity contribution in [2.75, 3.05) is 24.4 Å². The number of nitrogens with zero attached hydrogens (tertiary/aromatic N) is 5. The lowest BCUT2D eigenvalue weighted by Gasteiger charge is -2.32. The molecule has 1 aliphatic rings. The first-order valence-corrected chi connectivity index (χ1v) is 12.6. The molecule has 1 fully saturated rings. The first-order chi connectivity index (χ1) is 16.4. The molecule has 4 aromatic rings. The van der Waals surface area contributed by atoms with Crippen molar-refractivity contribution in [2.24, 2.45) is 0 Å². The van der Waals surface area contributed by atoms with E-state index in [1.54, 1.807) is 36.4 Å². The Labute approximate surface area is 198 Å². The predicted octanol–water partition coefficient (Wildman–Crippen LogP) is 3.57. The van der Waals surface area contributed by atoms with Crippen molar-refractivity contribution in [2.45, 2.75) is 23.7 Å². The van der Waals surface area contributed by atoms with Crippen molar-refractivity contribution in [3.05, 3.63) is 90.4 Å². The molecule has 0 bridgehead atoms. The smallest absolute Gasteiger partial charge is 0.264 e. The molecule has 174 valence electrons. The maximum absolute atomic E-state index is 13.2. The molecule has 5 rings (SSSR count). The van der Waals surface area contributed by atoms with Gasteiger partial charge in [-0.05, 0) is 61.4 Å². The number of rotatable bonds is 5. The minimum atomic E-state index is -3.73.